The molecule has 0 unspecified atom stereocenters. The number of aryl methyl sites for hydroxylation is 2. The number of carbonyl (C=O) groups excluding carboxylic acids is 1. The van der Waals surface area contributed by atoms with Crippen molar-refractivity contribution >= 4 is 38.3 Å². The number of rotatable bonds is 5. The summed E-state index contributed by atoms with van der Waals surface area (Å²) in [4.78, 5) is 18.0. The molecule has 1 aromatic carbocycles. The molecule has 0 atom stereocenters. The highest BCUT2D eigenvalue weighted by Crippen LogP contribution is 2.26. The number of amides is 1. The van der Waals surface area contributed by atoms with Gasteiger partial charge in [-0.3, -0.25) is 10.1 Å². The largest absolute Gasteiger partial charge is 0.360 e. The Morgan fingerprint density at radius 2 is 2.12 bits per heavy atom. The molecule has 0 spiro atoms. The van der Waals surface area contributed by atoms with Crippen LogP contribution in [0.1, 0.15) is 57.6 Å². The molecule has 5 nitrogen and oxygen atoms in total. The first-order chi connectivity index (χ1) is 12.3. The van der Waals surface area contributed by atoms with Crippen molar-refractivity contribution in [3.8, 4) is 0 Å². The van der Waals surface area contributed by atoms with Gasteiger partial charge in [-0.05, 0) is 31.0 Å². The third kappa shape index (κ3) is 4.04. The maximum absolute atomic E-state index is 12.6. The van der Waals surface area contributed by atoms with Crippen LogP contribution in [0.15, 0.2) is 33.4 Å². The molecule has 0 saturated heterocycles. The van der Waals surface area contributed by atoms with Gasteiger partial charge in [0.05, 0.1) is 5.69 Å². The van der Waals surface area contributed by atoms with Crippen molar-refractivity contribution in [1.29, 1.82) is 0 Å². The zero-order valence-electron chi connectivity index (χ0n) is 15.1. The van der Waals surface area contributed by atoms with E-state index in [0.29, 0.717) is 22.1 Å². The van der Waals surface area contributed by atoms with Crippen LogP contribution < -0.4 is 5.32 Å². The first-order valence-corrected chi connectivity index (χ1v) is 9.93. The lowest BCUT2D eigenvalue weighted by atomic mass is 10.0. The number of anilines is 1. The summed E-state index contributed by atoms with van der Waals surface area (Å²) in [5.41, 5.74) is 3.50. The van der Waals surface area contributed by atoms with Gasteiger partial charge in [0.25, 0.3) is 5.91 Å². The minimum absolute atomic E-state index is 0.0875. The van der Waals surface area contributed by atoms with Crippen molar-refractivity contribution in [2.75, 3.05) is 5.32 Å². The molecule has 136 valence electrons. The standard InChI is InChI=1S/C19H20BrN3O2S/c1-10(2)17-16(12(4)23-25-17)18(24)22-19-21-9-14(26-19)8-13-5-6-15(20)11(3)7-13/h5-7,9-10H,8H2,1-4H3,(H,21,22,24). The maximum atomic E-state index is 12.6. The summed E-state index contributed by atoms with van der Waals surface area (Å²) in [7, 11) is 0. The van der Waals surface area contributed by atoms with E-state index in [0.717, 1.165) is 15.8 Å². The lowest BCUT2D eigenvalue weighted by Crippen LogP contribution is -2.14. The number of hydrogen-bond acceptors (Lipinski definition) is 5. The van der Waals surface area contributed by atoms with Gasteiger partial charge in [-0.1, -0.05) is 47.1 Å². The molecule has 0 fully saturated rings. The molecular weight excluding hydrogens is 414 g/mol. The number of hydrogen-bond donors (Lipinski definition) is 1. The van der Waals surface area contributed by atoms with Crippen molar-refractivity contribution in [3.63, 3.8) is 0 Å². The third-order valence-corrected chi connectivity index (χ3v) is 5.82. The average Bonchev–Trinajstić information content (AvgIpc) is 3.17. The molecule has 2 heterocycles. The van der Waals surface area contributed by atoms with Gasteiger partial charge in [0.15, 0.2) is 10.9 Å². The third-order valence-electron chi connectivity index (χ3n) is 4.02. The van der Waals surface area contributed by atoms with E-state index in [9.17, 15) is 4.79 Å². The van der Waals surface area contributed by atoms with E-state index < -0.39 is 0 Å². The molecule has 26 heavy (non-hydrogen) atoms. The summed E-state index contributed by atoms with van der Waals surface area (Å²) in [6.07, 6.45) is 2.59. The van der Waals surface area contributed by atoms with Crippen LogP contribution in [0.25, 0.3) is 0 Å². The molecule has 3 aromatic rings. The Hall–Kier alpha value is -1.99. The monoisotopic (exact) mass is 433 g/mol. The van der Waals surface area contributed by atoms with Crippen LogP contribution in [0.5, 0.6) is 0 Å². The predicted molar refractivity (Wildman–Crippen MR) is 107 cm³/mol. The number of halogens is 1. The van der Waals surface area contributed by atoms with Crippen molar-refractivity contribution in [2.45, 2.75) is 40.0 Å². The van der Waals surface area contributed by atoms with Gasteiger partial charge in [0, 0.05) is 27.9 Å². The van der Waals surface area contributed by atoms with E-state index >= 15 is 0 Å². The summed E-state index contributed by atoms with van der Waals surface area (Å²) >= 11 is 4.99. The van der Waals surface area contributed by atoms with Crippen LogP contribution in [-0.4, -0.2) is 16.0 Å². The van der Waals surface area contributed by atoms with Crippen LogP contribution in [0.2, 0.25) is 0 Å². The normalized spacial score (nSPS) is 11.2. The molecule has 1 amide bonds. The maximum Gasteiger partial charge on any atom is 0.262 e. The van der Waals surface area contributed by atoms with Crippen LogP contribution >= 0.6 is 27.3 Å². The van der Waals surface area contributed by atoms with Crippen molar-refractivity contribution in [3.05, 3.63) is 61.9 Å². The Morgan fingerprint density at radius 1 is 1.35 bits per heavy atom. The molecule has 0 saturated carbocycles. The van der Waals surface area contributed by atoms with Crippen LogP contribution in [0.4, 0.5) is 5.13 Å². The summed E-state index contributed by atoms with van der Waals surface area (Å²) in [6, 6.07) is 6.29. The van der Waals surface area contributed by atoms with Crippen LogP contribution in [0, 0.1) is 13.8 Å². The van der Waals surface area contributed by atoms with Gasteiger partial charge in [0.2, 0.25) is 0 Å². The quantitative estimate of drug-likeness (QED) is 0.578. The molecule has 3 rings (SSSR count). The molecule has 7 heteroatoms. The number of aromatic nitrogens is 2. The first-order valence-electron chi connectivity index (χ1n) is 8.32. The van der Waals surface area contributed by atoms with Gasteiger partial charge in [-0.2, -0.15) is 0 Å². The predicted octanol–water partition coefficient (Wildman–Crippen LogP) is 5.48. The molecule has 2 aromatic heterocycles. The second kappa shape index (κ2) is 7.72. The first kappa shape index (κ1) is 18.8. The van der Waals surface area contributed by atoms with Crippen molar-refractivity contribution < 1.29 is 9.32 Å². The zero-order valence-corrected chi connectivity index (χ0v) is 17.5. The molecule has 0 aliphatic rings. The molecule has 1 N–H and O–H groups in total. The van der Waals surface area contributed by atoms with Gasteiger partial charge in [-0.25, -0.2) is 4.98 Å². The van der Waals surface area contributed by atoms with Crippen molar-refractivity contribution in [2.24, 2.45) is 0 Å². The Kier molecular flexibility index (Phi) is 5.58. The fourth-order valence-corrected chi connectivity index (χ4v) is 3.77. The SMILES string of the molecule is Cc1cc(Cc2cnc(NC(=O)c3c(C)noc3C(C)C)s2)ccc1Br. The Bertz CT molecular complexity index is 946. The summed E-state index contributed by atoms with van der Waals surface area (Å²) in [5.74, 6) is 0.458. The molecular formula is C19H20BrN3O2S. The summed E-state index contributed by atoms with van der Waals surface area (Å²) in [6.45, 7) is 7.78. The van der Waals surface area contributed by atoms with E-state index in [2.05, 4.69) is 56.5 Å². The Morgan fingerprint density at radius 3 is 2.81 bits per heavy atom. The summed E-state index contributed by atoms with van der Waals surface area (Å²) < 4.78 is 6.39. The van der Waals surface area contributed by atoms with Gasteiger partial charge >= 0.3 is 0 Å². The van der Waals surface area contributed by atoms with E-state index in [1.54, 1.807) is 6.92 Å². The van der Waals surface area contributed by atoms with Crippen LogP contribution in [-0.2, 0) is 6.42 Å². The highest BCUT2D eigenvalue weighted by Gasteiger charge is 2.23. The lowest BCUT2D eigenvalue weighted by molar-refractivity contribution is 0.102. The van der Waals surface area contributed by atoms with E-state index in [1.807, 2.05) is 20.0 Å². The Labute approximate surface area is 165 Å². The lowest BCUT2D eigenvalue weighted by Gasteiger charge is -2.04. The fourth-order valence-electron chi connectivity index (χ4n) is 2.68. The van der Waals surface area contributed by atoms with Crippen molar-refractivity contribution in [1.82, 2.24) is 10.1 Å². The molecule has 0 bridgehead atoms. The minimum atomic E-state index is -0.229. The second-order valence-corrected chi connectivity index (χ2v) is 8.48. The zero-order chi connectivity index (χ0) is 18.8. The Balaban J connectivity index is 1.73. The van der Waals surface area contributed by atoms with E-state index in [-0.39, 0.29) is 11.8 Å². The van der Waals surface area contributed by atoms with E-state index in [4.69, 9.17) is 4.52 Å². The summed E-state index contributed by atoms with van der Waals surface area (Å²) in [5, 5.41) is 7.37. The number of thiazole rings is 1. The average molecular weight is 434 g/mol. The highest BCUT2D eigenvalue weighted by atomic mass is 79.9. The number of carbonyl (C=O) groups is 1. The van der Waals surface area contributed by atoms with Crippen LogP contribution in [0.3, 0.4) is 0 Å². The topological polar surface area (TPSA) is 68.0 Å². The van der Waals surface area contributed by atoms with Gasteiger partial charge in [-0.15, -0.1) is 11.3 Å². The number of nitrogens with zero attached hydrogens (tertiary/aromatic N) is 2. The van der Waals surface area contributed by atoms with Gasteiger partial charge < -0.3 is 4.52 Å². The second-order valence-electron chi connectivity index (χ2n) is 6.51. The smallest absolute Gasteiger partial charge is 0.262 e. The molecule has 0 aliphatic carbocycles. The molecule has 0 radical (unpaired) electrons. The van der Waals surface area contributed by atoms with Gasteiger partial charge in [0.1, 0.15) is 5.56 Å². The fraction of sp³-hybridized carbons (Fsp3) is 0.316. The highest BCUT2D eigenvalue weighted by molar-refractivity contribution is 9.10. The number of benzene rings is 1. The minimum Gasteiger partial charge on any atom is -0.360 e. The van der Waals surface area contributed by atoms with E-state index in [1.165, 1.54) is 22.5 Å². The number of nitrogens with one attached hydrogen (secondary N) is 1. The molecule has 0 aliphatic heterocycles.